The summed E-state index contributed by atoms with van der Waals surface area (Å²) < 4.78 is 21.4. The lowest BCUT2D eigenvalue weighted by Crippen LogP contribution is -2.29. The fourth-order valence-electron chi connectivity index (χ4n) is 2.70. The summed E-state index contributed by atoms with van der Waals surface area (Å²) in [6, 6.07) is 5.33. The number of nitrogens with zero attached hydrogens (tertiary/aromatic N) is 1. The van der Waals surface area contributed by atoms with Gasteiger partial charge >= 0.3 is 5.97 Å². The molecule has 1 heterocycles. The zero-order valence-corrected chi connectivity index (χ0v) is 17.4. The van der Waals surface area contributed by atoms with Crippen LogP contribution in [-0.4, -0.2) is 37.3 Å². The summed E-state index contributed by atoms with van der Waals surface area (Å²) in [5.41, 5.74) is 2.44. The molecule has 1 amide bonds. The van der Waals surface area contributed by atoms with Crippen molar-refractivity contribution in [2.45, 2.75) is 33.3 Å². The summed E-state index contributed by atoms with van der Waals surface area (Å²) in [6.07, 6.45) is 5.20. The van der Waals surface area contributed by atoms with E-state index in [4.69, 9.17) is 18.7 Å². The summed E-state index contributed by atoms with van der Waals surface area (Å²) >= 11 is 0. The van der Waals surface area contributed by atoms with Crippen LogP contribution in [0.2, 0.25) is 0 Å². The molecule has 3 rings (SSSR count). The maximum Gasteiger partial charge on any atom is 0.325 e. The molecular formula is C22H26N2O6. The molecule has 1 saturated carbocycles. The maximum absolute atomic E-state index is 11.9. The monoisotopic (exact) mass is 414 g/mol. The summed E-state index contributed by atoms with van der Waals surface area (Å²) in [4.78, 5) is 23.5. The Labute approximate surface area is 175 Å². The Morgan fingerprint density at radius 2 is 2.07 bits per heavy atom. The van der Waals surface area contributed by atoms with Gasteiger partial charge in [0.25, 0.3) is 0 Å². The third-order valence-electron chi connectivity index (χ3n) is 4.75. The van der Waals surface area contributed by atoms with Crippen LogP contribution in [0, 0.1) is 19.8 Å². The van der Waals surface area contributed by atoms with E-state index in [-0.39, 0.29) is 12.5 Å². The topological polar surface area (TPSA) is 99.9 Å². The van der Waals surface area contributed by atoms with Gasteiger partial charge in [0.05, 0.1) is 25.0 Å². The number of carbonyl (C=O) groups is 2. The molecule has 0 bridgehead atoms. The predicted octanol–water partition coefficient (Wildman–Crippen LogP) is 2.96. The zero-order chi connectivity index (χ0) is 21.5. The van der Waals surface area contributed by atoms with Crippen molar-refractivity contribution in [3.05, 3.63) is 46.9 Å². The Kier molecular flexibility index (Phi) is 7.11. The molecule has 1 aliphatic carbocycles. The molecule has 2 aromatic rings. The first-order valence-corrected chi connectivity index (χ1v) is 9.80. The highest BCUT2D eigenvalue weighted by atomic mass is 16.5. The molecule has 0 unspecified atom stereocenters. The van der Waals surface area contributed by atoms with Crippen molar-refractivity contribution in [1.82, 2.24) is 10.5 Å². The molecule has 0 spiro atoms. The third-order valence-corrected chi connectivity index (χ3v) is 4.75. The van der Waals surface area contributed by atoms with Crippen LogP contribution in [-0.2, 0) is 20.9 Å². The Hall–Kier alpha value is -3.29. The molecule has 1 aromatic carbocycles. The smallest absolute Gasteiger partial charge is 0.325 e. The number of hydrogen-bond donors (Lipinski definition) is 1. The van der Waals surface area contributed by atoms with E-state index in [1.54, 1.807) is 31.4 Å². The average molecular weight is 414 g/mol. The maximum atomic E-state index is 11.9. The highest BCUT2D eigenvalue weighted by molar-refractivity contribution is 5.93. The van der Waals surface area contributed by atoms with Crippen LogP contribution < -0.4 is 14.8 Å². The molecule has 0 atom stereocenters. The number of rotatable bonds is 10. The first-order valence-electron chi connectivity index (χ1n) is 9.80. The number of hydrogen-bond acceptors (Lipinski definition) is 7. The minimum Gasteiger partial charge on any atom is -0.493 e. The Bertz CT molecular complexity index is 910. The first kappa shape index (κ1) is 21.4. The molecule has 1 fully saturated rings. The van der Waals surface area contributed by atoms with E-state index >= 15 is 0 Å². The minimum absolute atomic E-state index is 0.145. The molecular weight excluding hydrogens is 388 g/mol. The molecule has 1 aromatic heterocycles. The molecule has 8 heteroatoms. The number of nitrogens with one attached hydrogen (secondary N) is 1. The summed E-state index contributed by atoms with van der Waals surface area (Å²) in [5, 5.41) is 6.42. The van der Waals surface area contributed by atoms with Crippen LogP contribution >= 0.6 is 0 Å². The van der Waals surface area contributed by atoms with E-state index in [1.807, 2.05) is 13.8 Å². The van der Waals surface area contributed by atoms with Gasteiger partial charge in [0.15, 0.2) is 11.5 Å². The lowest BCUT2D eigenvalue weighted by molar-refractivity contribution is -0.144. The first-order chi connectivity index (χ1) is 14.5. The van der Waals surface area contributed by atoms with Crippen molar-refractivity contribution in [3.63, 3.8) is 0 Å². The van der Waals surface area contributed by atoms with Crippen molar-refractivity contribution in [2.24, 2.45) is 5.92 Å². The fraction of sp³-hybridized carbons (Fsp3) is 0.409. The van der Waals surface area contributed by atoms with Gasteiger partial charge in [0.1, 0.15) is 18.9 Å². The molecule has 1 N–H and O–H groups in total. The Balaban J connectivity index is 1.51. The molecule has 160 valence electrons. The second kappa shape index (κ2) is 9.96. The molecule has 0 aliphatic heterocycles. The number of esters is 1. The normalized spacial score (nSPS) is 13.3. The molecule has 30 heavy (non-hydrogen) atoms. The number of methoxy groups -OCH3 is 1. The van der Waals surface area contributed by atoms with Gasteiger partial charge in [-0.3, -0.25) is 9.59 Å². The van der Waals surface area contributed by atoms with E-state index < -0.39 is 5.97 Å². The van der Waals surface area contributed by atoms with Crippen molar-refractivity contribution in [3.8, 4) is 11.5 Å². The van der Waals surface area contributed by atoms with E-state index in [1.165, 1.54) is 6.08 Å². The van der Waals surface area contributed by atoms with Crippen LogP contribution in [0.15, 0.2) is 28.8 Å². The molecule has 8 nitrogen and oxygen atoms in total. The van der Waals surface area contributed by atoms with E-state index in [0.29, 0.717) is 36.4 Å². The zero-order valence-electron chi connectivity index (χ0n) is 17.4. The number of aryl methyl sites for hydroxylation is 2. The number of benzene rings is 1. The van der Waals surface area contributed by atoms with Gasteiger partial charge in [-0.25, -0.2) is 0 Å². The summed E-state index contributed by atoms with van der Waals surface area (Å²) in [7, 11) is 1.55. The highest BCUT2D eigenvalue weighted by Crippen LogP contribution is 2.30. The Morgan fingerprint density at radius 1 is 1.27 bits per heavy atom. The van der Waals surface area contributed by atoms with Gasteiger partial charge in [-0.05, 0) is 56.4 Å². The lowest BCUT2D eigenvalue weighted by Gasteiger charge is -2.11. The van der Waals surface area contributed by atoms with E-state index in [9.17, 15) is 9.59 Å². The second-order valence-electron chi connectivity index (χ2n) is 7.18. The van der Waals surface area contributed by atoms with Crippen LogP contribution in [0.5, 0.6) is 11.5 Å². The largest absolute Gasteiger partial charge is 0.493 e. The van der Waals surface area contributed by atoms with Crippen LogP contribution in [0.3, 0.4) is 0 Å². The standard InChI is InChI=1S/C22H26N2O6/c1-14-18(15(2)30-24-14)13-28-19-8-6-16(10-20(19)27-3)7-9-21(25)23-11-22(26)29-12-17-4-5-17/h6-10,17H,4-5,11-13H2,1-3H3,(H,23,25)/b9-7+. The average Bonchev–Trinajstić information content (AvgIpc) is 3.52. The van der Waals surface area contributed by atoms with Crippen LogP contribution in [0.25, 0.3) is 6.08 Å². The molecule has 0 radical (unpaired) electrons. The van der Waals surface area contributed by atoms with Gasteiger partial charge in [-0.2, -0.15) is 0 Å². The Morgan fingerprint density at radius 3 is 2.73 bits per heavy atom. The number of ether oxygens (including phenoxy) is 3. The second-order valence-corrected chi connectivity index (χ2v) is 7.18. The number of amides is 1. The number of carbonyl (C=O) groups excluding carboxylic acids is 2. The molecule has 0 saturated heterocycles. The highest BCUT2D eigenvalue weighted by Gasteiger charge is 2.22. The van der Waals surface area contributed by atoms with E-state index in [0.717, 1.165) is 29.7 Å². The van der Waals surface area contributed by atoms with Gasteiger partial charge < -0.3 is 24.1 Å². The van der Waals surface area contributed by atoms with Gasteiger partial charge in [0.2, 0.25) is 5.91 Å². The third kappa shape index (κ3) is 6.10. The lowest BCUT2D eigenvalue weighted by atomic mass is 10.2. The fourth-order valence-corrected chi connectivity index (χ4v) is 2.70. The van der Waals surface area contributed by atoms with E-state index in [2.05, 4.69) is 10.5 Å². The van der Waals surface area contributed by atoms with Gasteiger partial charge in [-0.1, -0.05) is 11.2 Å². The predicted molar refractivity (Wildman–Crippen MR) is 109 cm³/mol. The number of aromatic nitrogens is 1. The van der Waals surface area contributed by atoms with Crippen LogP contribution in [0.1, 0.15) is 35.4 Å². The van der Waals surface area contributed by atoms with Gasteiger partial charge in [-0.15, -0.1) is 0 Å². The minimum atomic E-state index is -0.426. The van der Waals surface area contributed by atoms with Crippen molar-refractivity contribution >= 4 is 18.0 Å². The summed E-state index contributed by atoms with van der Waals surface area (Å²) in [6.45, 7) is 4.30. The van der Waals surface area contributed by atoms with Crippen molar-refractivity contribution in [2.75, 3.05) is 20.3 Å². The van der Waals surface area contributed by atoms with Crippen LogP contribution in [0.4, 0.5) is 0 Å². The van der Waals surface area contributed by atoms with Crippen molar-refractivity contribution < 1.29 is 28.3 Å². The molecule has 1 aliphatic rings. The van der Waals surface area contributed by atoms with Gasteiger partial charge in [0, 0.05) is 6.08 Å². The quantitative estimate of drug-likeness (QED) is 0.471. The summed E-state index contributed by atoms with van der Waals surface area (Å²) in [5.74, 6) is 1.51. The SMILES string of the molecule is COc1cc(/C=C/C(=O)NCC(=O)OCC2CC2)ccc1OCc1c(C)noc1C. The van der Waals surface area contributed by atoms with Crippen molar-refractivity contribution in [1.29, 1.82) is 0 Å².